The van der Waals surface area contributed by atoms with Crippen molar-refractivity contribution in [2.24, 2.45) is 0 Å². The van der Waals surface area contributed by atoms with E-state index in [1.54, 1.807) is 0 Å². The zero-order valence-corrected chi connectivity index (χ0v) is 20.8. The molecule has 0 saturated heterocycles. The molecule has 0 N–H and O–H groups in total. The summed E-state index contributed by atoms with van der Waals surface area (Å²) >= 11 is 0. The molecule has 0 bridgehead atoms. The van der Waals surface area contributed by atoms with Gasteiger partial charge in [0.25, 0.3) is 11.8 Å². The molecule has 2 aromatic carbocycles. The Morgan fingerprint density at radius 2 is 1.80 bits per heavy atom. The molecule has 1 aliphatic heterocycles. The Labute approximate surface area is 207 Å². The predicted octanol–water partition coefficient (Wildman–Crippen LogP) is 5.88. The van der Waals surface area contributed by atoms with Gasteiger partial charge < -0.3 is 9.64 Å². The molecule has 1 heterocycles. The summed E-state index contributed by atoms with van der Waals surface area (Å²) in [5, 5.41) is 1.65. The number of imide groups is 1. The van der Waals surface area contributed by atoms with Gasteiger partial charge in [-0.2, -0.15) is 0 Å². The Balaban J connectivity index is 1.69. The van der Waals surface area contributed by atoms with Crippen molar-refractivity contribution in [1.82, 2.24) is 4.90 Å². The van der Waals surface area contributed by atoms with Crippen molar-refractivity contribution in [2.75, 3.05) is 24.6 Å². The lowest BCUT2D eigenvalue weighted by Gasteiger charge is -2.37. The minimum Gasteiger partial charge on any atom is -0.461 e. The third-order valence-electron chi connectivity index (χ3n) is 7.27. The van der Waals surface area contributed by atoms with Gasteiger partial charge in [-0.3, -0.25) is 14.5 Å². The van der Waals surface area contributed by atoms with Gasteiger partial charge in [0.15, 0.2) is 0 Å². The molecule has 186 valence electrons. The van der Waals surface area contributed by atoms with E-state index in [1.165, 1.54) is 30.2 Å². The number of hydrogen-bond acceptors (Lipinski definition) is 5. The zero-order valence-electron chi connectivity index (χ0n) is 20.8. The number of hydrogen-bond donors (Lipinski definition) is 0. The van der Waals surface area contributed by atoms with Crippen LogP contribution >= 0.6 is 0 Å². The third kappa shape index (κ3) is 5.26. The van der Waals surface area contributed by atoms with Gasteiger partial charge in [0.2, 0.25) is 0 Å². The van der Waals surface area contributed by atoms with E-state index in [9.17, 15) is 14.4 Å². The molecule has 0 radical (unpaired) electrons. The van der Waals surface area contributed by atoms with Gasteiger partial charge in [-0.25, -0.2) is 4.79 Å². The normalized spacial score (nSPS) is 16.0. The van der Waals surface area contributed by atoms with E-state index >= 15 is 0 Å². The van der Waals surface area contributed by atoms with Crippen molar-refractivity contribution in [3.8, 4) is 0 Å². The fourth-order valence-electron chi connectivity index (χ4n) is 5.48. The van der Waals surface area contributed by atoms with Crippen molar-refractivity contribution < 1.29 is 19.1 Å². The van der Waals surface area contributed by atoms with Gasteiger partial charge in [-0.15, -0.1) is 0 Å². The quantitative estimate of drug-likeness (QED) is 0.175. The number of carbonyl (C=O) groups is 3. The molecule has 1 fully saturated rings. The van der Waals surface area contributed by atoms with Crippen LogP contribution in [0.3, 0.4) is 0 Å². The van der Waals surface area contributed by atoms with Gasteiger partial charge in [-0.05, 0) is 37.5 Å². The number of benzene rings is 2. The molecule has 0 aromatic heterocycles. The van der Waals surface area contributed by atoms with E-state index < -0.39 is 5.97 Å². The maximum Gasteiger partial charge on any atom is 0.330 e. The zero-order chi connectivity index (χ0) is 24.8. The Morgan fingerprint density at radius 3 is 2.51 bits per heavy atom. The average Bonchev–Trinajstić information content (AvgIpc) is 2.89. The maximum atomic E-state index is 13.4. The first kappa shape index (κ1) is 25.0. The van der Waals surface area contributed by atoms with Crippen molar-refractivity contribution in [2.45, 2.75) is 70.8 Å². The number of carbonyl (C=O) groups excluding carboxylic acids is 3. The fourth-order valence-corrected chi connectivity index (χ4v) is 5.48. The van der Waals surface area contributed by atoms with E-state index in [4.69, 9.17) is 4.74 Å². The number of amides is 2. The highest BCUT2D eigenvalue weighted by atomic mass is 16.5. The Morgan fingerprint density at radius 1 is 1.06 bits per heavy atom. The van der Waals surface area contributed by atoms with Crippen molar-refractivity contribution in [1.29, 1.82) is 0 Å². The van der Waals surface area contributed by atoms with Gasteiger partial charge in [0.05, 0.1) is 6.54 Å². The van der Waals surface area contributed by atoms with E-state index in [-0.39, 0.29) is 18.4 Å². The van der Waals surface area contributed by atoms with Crippen molar-refractivity contribution in [3.63, 3.8) is 0 Å². The van der Waals surface area contributed by atoms with Gasteiger partial charge in [0, 0.05) is 46.2 Å². The van der Waals surface area contributed by atoms with Crippen LogP contribution in [-0.4, -0.2) is 48.4 Å². The second kappa shape index (κ2) is 11.5. The first-order valence-corrected chi connectivity index (χ1v) is 13.0. The molecule has 6 nitrogen and oxygen atoms in total. The van der Waals surface area contributed by atoms with Crippen LogP contribution in [0.2, 0.25) is 0 Å². The lowest BCUT2D eigenvalue weighted by molar-refractivity contribution is -0.137. The fraction of sp³-hybridized carbons (Fsp3) is 0.483. The van der Waals surface area contributed by atoms with E-state index in [0.717, 1.165) is 55.0 Å². The molecule has 35 heavy (non-hydrogen) atoms. The molecule has 4 rings (SSSR count). The lowest BCUT2D eigenvalue weighted by Crippen LogP contribution is -2.42. The molecule has 6 heteroatoms. The summed E-state index contributed by atoms with van der Waals surface area (Å²) in [7, 11) is 0. The summed E-state index contributed by atoms with van der Waals surface area (Å²) in [6.45, 7) is 6.88. The third-order valence-corrected chi connectivity index (χ3v) is 7.27. The predicted molar refractivity (Wildman–Crippen MR) is 139 cm³/mol. The first-order chi connectivity index (χ1) is 17.1. The van der Waals surface area contributed by atoms with E-state index in [2.05, 4.69) is 18.4 Å². The summed E-state index contributed by atoms with van der Waals surface area (Å²) in [6.07, 6.45) is 10.9. The van der Waals surface area contributed by atoms with Crippen LogP contribution in [-0.2, 0) is 9.53 Å². The first-order valence-electron chi connectivity index (χ1n) is 13.0. The van der Waals surface area contributed by atoms with Gasteiger partial charge in [-0.1, -0.05) is 64.2 Å². The van der Waals surface area contributed by atoms with Gasteiger partial charge in [0.1, 0.15) is 6.61 Å². The van der Waals surface area contributed by atoms with Crippen LogP contribution in [0.4, 0.5) is 5.69 Å². The van der Waals surface area contributed by atoms with Gasteiger partial charge >= 0.3 is 5.97 Å². The van der Waals surface area contributed by atoms with E-state index in [1.807, 2.05) is 30.3 Å². The number of ether oxygens (including phenoxy) is 1. The second-order valence-electron chi connectivity index (χ2n) is 9.54. The largest absolute Gasteiger partial charge is 0.461 e. The van der Waals surface area contributed by atoms with Crippen LogP contribution in [0.5, 0.6) is 0 Å². The Hall–Kier alpha value is -3.15. The molecule has 2 aromatic rings. The van der Waals surface area contributed by atoms with Crippen LogP contribution in [0.1, 0.15) is 85.4 Å². The number of unbranched alkanes of at least 4 members (excludes halogenated alkanes) is 3. The Bertz CT molecular complexity index is 1080. The highest BCUT2D eigenvalue weighted by Gasteiger charge is 2.34. The SMILES string of the molecule is C=CC(=O)OCCN(c1ccc2c3c(cccc13)C(=O)N(CCCCCC)C2=O)C1CCCCC1. The molecule has 2 amide bonds. The highest BCUT2D eigenvalue weighted by molar-refractivity contribution is 6.26. The van der Waals surface area contributed by atoms with Crippen molar-refractivity contribution in [3.05, 3.63) is 54.1 Å². The van der Waals surface area contributed by atoms with Crippen LogP contribution < -0.4 is 4.90 Å². The molecule has 1 aliphatic carbocycles. The molecule has 1 saturated carbocycles. The average molecular weight is 477 g/mol. The number of nitrogens with zero attached hydrogens (tertiary/aromatic N) is 2. The maximum absolute atomic E-state index is 13.4. The molecule has 0 unspecified atom stereocenters. The topological polar surface area (TPSA) is 66.9 Å². The van der Waals surface area contributed by atoms with Crippen LogP contribution in [0.25, 0.3) is 10.8 Å². The van der Waals surface area contributed by atoms with Crippen molar-refractivity contribution >= 4 is 34.2 Å². The smallest absolute Gasteiger partial charge is 0.330 e. The summed E-state index contributed by atoms with van der Waals surface area (Å²) in [6, 6.07) is 9.95. The molecular weight excluding hydrogens is 440 g/mol. The second-order valence-corrected chi connectivity index (χ2v) is 9.54. The van der Waals surface area contributed by atoms with Crippen LogP contribution in [0, 0.1) is 0 Å². The summed E-state index contributed by atoms with van der Waals surface area (Å²) in [4.78, 5) is 42.1. The standard InChI is InChI=1S/C29H36N2O4/c1-3-5-6-10-18-31-28(33)23-15-11-14-22-25(17-16-24(27(22)23)29(31)34)30(19-20-35-26(32)4-2)21-12-8-7-9-13-21/h4,11,14-17,21H,2-3,5-10,12-13,18-20H2,1H3. The minimum atomic E-state index is -0.430. The minimum absolute atomic E-state index is 0.203. The molecular formula is C29H36N2O4. The molecule has 0 atom stereocenters. The molecule has 0 spiro atoms. The monoisotopic (exact) mass is 476 g/mol. The summed E-state index contributed by atoms with van der Waals surface area (Å²) in [5.74, 6) is -0.836. The molecule has 2 aliphatic rings. The number of esters is 1. The summed E-state index contributed by atoms with van der Waals surface area (Å²) in [5.41, 5.74) is 2.18. The Kier molecular flexibility index (Phi) is 8.21. The number of anilines is 1. The highest BCUT2D eigenvalue weighted by Crippen LogP contribution is 2.38. The number of rotatable bonds is 11. The van der Waals surface area contributed by atoms with E-state index in [0.29, 0.717) is 30.3 Å². The van der Waals surface area contributed by atoms with Crippen LogP contribution in [0.15, 0.2) is 43.0 Å². The summed E-state index contributed by atoms with van der Waals surface area (Å²) < 4.78 is 5.32. The lowest BCUT2D eigenvalue weighted by atomic mass is 9.90.